The molecule has 2 aliphatic rings. The molecule has 3 rings (SSSR count). The molecule has 0 amide bonds. The van der Waals surface area contributed by atoms with E-state index in [1.54, 1.807) is 0 Å². The maximum absolute atomic E-state index is 5.93. The van der Waals surface area contributed by atoms with Gasteiger partial charge in [-0.3, -0.25) is 0 Å². The second kappa shape index (κ2) is 4.26. The number of rotatable bonds is 2. The van der Waals surface area contributed by atoms with Crippen LogP contribution < -0.4 is 10.6 Å². The van der Waals surface area contributed by atoms with Gasteiger partial charge in [-0.25, -0.2) is 9.97 Å². The van der Waals surface area contributed by atoms with Crippen molar-refractivity contribution in [3.8, 4) is 0 Å². The molecule has 0 atom stereocenters. The van der Waals surface area contributed by atoms with Gasteiger partial charge in [-0.05, 0) is 32.6 Å². The lowest BCUT2D eigenvalue weighted by molar-refractivity contribution is 0.500. The van der Waals surface area contributed by atoms with Crippen molar-refractivity contribution in [2.75, 3.05) is 18.0 Å². The second-order valence-corrected chi connectivity index (χ2v) is 5.30. The summed E-state index contributed by atoms with van der Waals surface area (Å²) < 4.78 is 0. The molecule has 0 aromatic carbocycles. The number of hydrogen-bond acceptors (Lipinski definition) is 4. The van der Waals surface area contributed by atoms with E-state index in [-0.39, 0.29) is 0 Å². The van der Waals surface area contributed by atoms with Gasteiger partial charge in [0.25, 0.3) is 0 Å². The zero-order valence-electron chi connectivity index (χ0n) is 10.4. The molecule has 0 bridgehead atoms. The molecule has 17 heavy (non-hydrogen) atoms. The summed E-state index contributed by atoms with van der Waals surface area (Å²) in [6, 6.07) is 0.373. The highest BCUT2D eigenvalue weighted by molar-refractivity contribution is 5.49. The van der Waals surface area contributed by atoms with Crippen molar-refractivity contribution in [3.63, 3.8) is 0 Å². The van der Waals surface area contributed by atoms with E-state index < -0.39 is 0 Å². The van der Waals surface area contributed by atoms with E-state index in [1.807, 2.05) is 6.20 Å². The first-order valence-electron chi connectivity index (χ1n) is 6.58. The van der Waals surface area contributed by atoms with Gasteiger partial charge >= 0.3 is 0 Å². The Balaban J connectivity index is 1.78. The molecule has 1 aliphatic carbocycles. The first kappa shape index (κ1) is 11.0. The monoisotopic (exact) mass is 232 g/mol. The number of nitrogens with zero attached hydrogens (tertiary/aromatic N) is 3. The molecule has 92 valence electrons. The number of hydrogen-bond donors (Lipinski definition) is 1. The summed E-state index contributed by atoms with van der Waals surface area (Å²) in [7, 11) is 0. The summed E-state index contributed by atoms with van der Waals surface area (Å²) in [5, 5.41) is 0. The summed E-state index contributed by atoms with van der Waals surface area (Å²) in [6.45, 7) is 4.17. The molecule has 2 N–H and O–H groups in total. The minimum atomic E-state index is 0.373. The van der Waals surface area contributed by atoms with Gasteiger partial charge in [-0.15, -0.1) is 0 Å². The van der Waals surface area contributed by atoms with Crippen molar-refractivity contribution in [2.45, 2.75) is 44.6 Å². The summed E-state index contributed by atoms with van der Waals surface area (Å²) in [5.74, 6) is 1.68. The van der Waals surface area contributed by atoms with Gasteiger partial charge in [-0.2, -0.15) is 0 Å². The van der Waals surface area contributed by atoms with Crippen molar-refractivity contribution in [3.05, 3.63) is 17.7 Å². The van der Waals surface area contributed by atoms with Gasteiger partial charge in [0.15, 0.2) is 0 Å². The lowest BCUT2D eigenvalue weighted by atomic mass is 10.1. The molecule has 1 aliphatic heterocycles. The summed E-state index contributed by atoms with van der Waals surface area (Å²) in [5.41, 5.74) is 8.25. The van der Waals surface area contributed by atoms with Crippen molar-refractivity contribution in [2.24, 2.45) is 5.73 Å². The fourth-order valence-electron chi connectivity index (χ4n) is 2.47. The maximum Gasteiger partial charge on any atom is 0.131 e. The van der Waals surface area contributed by atoms with Crippen molar-refractivity contribution in [1.82, 2.24) is 9.97 Å². The molecule has 2 fully saturated rings. The molecule has 1 aromatic heterocycles. The van der Waals surface area contributed by atoms with Crippen LogP contribution >= 0.6 is 0 Å². The highest BCUT2D eigenvalue weighted by Crippen LogP contribution is 2.38. The summed E-state index contributed by atoms with van der Waals surface area (Å²) >= 11 is 0. The Morgan fingerprint density at radius 1 is 1.24 bits per heavy atom. The van der Waals surface area contributed by atoms with E-state index in [9.17, 15) is 0 Å². The minimum Gasteiger partial charge on any atom is -0.369 e. The van der Waals surface area contributed by atoms with Crippen LogP contribution in [0.3, 0.4) is 0 Å². The largest absolute Gasteiger partial charge is 0.369 e. The quantitative estimate of drug-likeness (QED) is 0.841. The predicted octanol–water partition coefficient (Wildman–Crippen LogP) is 1.59. The van der Waals surface area contributed by atoms with Crippen molar-refractivity contribution >= 4 is 5.69 Å². The Morgan fingerprint density at radius 2 is 1.94 bits per heavy atom. The number of aromatic nitrogens is 2. The fourth-order valence-corrected chi connectivity index (χ4v) is 2.47. The van der Waals surface area contributed by atoms with Crippen molar-refractivity contribution in [1.29, 1.82) is 0 Å². The standard InChI is InChI=1S/C13H20N4/c1-9-12(17-6-4-11(14)5-7-17)8-15-13(16-9)10-2-3-10/h8,10-11H,2-7,14H2,1H3. The Kier molecular flexibility index (Phi) is 2.74. The number of nitrogens with two attached hydrogens (primary N) is 1. The van der Waals surface area contributed by atoms with Gasteiger partial charge < -0.3 is 10.6 Å². The van der Waals surface area contributed by atoms with Gasteiger partial charge in [0.2, 0.25) is 0 Å². The Bertz CT molecular complexity index is 406. The predicted molar refractivity (Wildman–Crippen MR) is 68.2 cm³/mol. The van der Waals surface area contributed by atoms with Crippen LogP contribution in [-0.4, -0.2) is 29.1 Å². The molecule has 0 spiro atoms. The van der Waals surface area contributed by atoms with Gasteiger partial charge in [0.1, 0.15) is 5.82 Å². The third-order valence-electron chi connectivity index (χ3n) is 3.79. The van der Waals surface area contributed by atoms with E-state index in [2.05, 4.69) is 21.8 Å². The molecule has 1 aromatic rings. The zero-order valence-corrected chi connectivity index (χ0v) is 10.4. The van der Waals surface area contributed by atoms with Crippen LogP contribution in [0.15, 0.2) is 6.20 Å². The zero-order chi connectivity index (χ0) is 11.8. The topological polar surface area (TPSA) is 55.0 Å². The number of anilines is 1. The lowest BCUT2D eigenvalue weighted by Gasteiger charge is -2.32. The molecule has 4 nitrogen and oxygen atoms in total. The molecule has 4 heteroatoms. The van der Waals surface area contributed by atoms with Gasteiger partial charge in [0.05, 0.1) is 17.6 Å². The average Bonchev–Trinajstić information content (AvgIpc) is 3.14. The van der Waals surface area contributed by atoms with E-state index in [4.69, 9.17) is 5.73 Å². The van der Waals surface area contributed by atoms with E-state index in [0.717, 1.165) is 37.4 Å². The Morgan fingerprint density at radius 3 is 2.53 bits per heavy atom. The second-order valence-electron chi connectivity index (χ2n) is 5.30. The lowest BCUT2D eigenvalue weighted by Crippen LogP contribution is -2.40. The Hall–Kier alpha value is -1.16. The van der Waals surface area contributed by atoms with Crippen LogP contribution in [0.2, 0.25) is 0 Å². The minimum absolute atomic E-state index is 0.373. The molecule has 0 unspecified atom stereocenters. The van der Waals surface area contributed by atoms with E-state index >= 15 is 0 Å². The fraction of sp³-hybridized carbons (Fsp3) is 0.692. The SMILES string of the molecule is Cc1nc(C2CC2)ncc1N1CCC(N)CC1. The van der Waals surface area contributed by atoms with Crippen LogP contribution in [0.25, 0.3) is 0 Å². The normalized spacial score (nSPS) is 21.9. The molecule has 1 saturated carbocycles. The van der Waals surface area contributed by atoms with Gasteiger partial charge in [0, 0.05) is 25.0 Å². The number of piperidine rings is 1. The third-order valence-corrected chi connectivity index (χ3v) is 3.79. The Labute approximate surface area is 102 Å². The highest BCUT2D eigenvalue weighted by atomic mass is 15.2. The first-order valence-corrected chi connectivity index (χ1v) is 6.58. The van der Waals surface area contributed by atoms with Crippen LogP contribution in [-0.2, 0) is 0 Å². The van der Waals surface area contributed by atoms with Crippen LogP contribution in [0.5, 0.6) is 0 Å². The maximum atomic E-state index is 5.93. The van der Waals surface area contributed by atoms with Crippen molar-refractivity contribution < 1.29 is 0 Å². The van der Waals surface area contributed by atoms with Crippen LogP contribution in [0.4, 0.5) is 5.69 Å². The smallest absolute Gasteiger partial charge is 0.131 e. The molecule has 2 heterocycles. The average molecular weight is 232 g/mol. The van der Waals surface area contributed by atoms with Crippen LogP contribution in [0.1, 0.15) is 43.1 Å². The molecular weight excluding hydrogens is 212 g/mol. The third kappa shape index (κ3) is 2.27. The van der Waals surface area contributed by atoms with E-state index in [0.29, 0.717) is 12.0 Å². The highest BCUT2D eigenvalue weighted by Gasteiger charge is 2.27. The first-order chi connectivity index (χ1) is 8.24. The number of aryl methyl sites for hydroxylation is 1. The van der Waals surface area contributed by atoms with E-state index in [1.165, 1.54) is 18.5 Å². The summed E-state index contributed by atoms with van der Waals surface area (Å²) in [6.07, 6.45) is 6.68. The molecule has 0 radical (unpaired) electrons. The van der Waals surface area contributed by atoms with Crippen LogP contribution in [0, 0.1) is 6.92 Å². The summed E-state index contributed by atoms with van der Waals surface area (Å²) in [4.78, 5) is 11.5. The molecular formula is C13H20N4. The van der Waals surface area contributed by atoms with Gasteiger partial charge in [-0.1, -0.05) is 0 Å². The molecule has 1 saturated heterocycles.